The Morgan fingerprint density at radius 2 is 2.29 bits per heavy atom. The zero-order chi connectivity index (χ0) is 9.97. The molecule has 0 spiro atoms. The molecule has 0 saturated carbocycles. The molecule has 2 aromatic heterocycles. The minimum atomic E-state index is 1.00. The van der Waals surface area contributed by atoms with E-state index in [4.69, 9.17) is 12.2 Å². The average Bonchev–Trinajstić information content (AvgIpc) is 2.61. The van der Waals surface area contributed by atoms with Crippen LogP contribution in [-0.2, 0) is 6.42 Å². The number of pyridine rings is 1. The van der Waals surface area contributed by atoms with Gasteiger partial charge in [-0.1, -0.05) is 45.9 Å². The fourth-order valence-corrected chi connectivity index (χ4v) is 4.42. The molecule has 0 atom stereocenters. The van der Waals surface area contributed by atoms with Crippen LogP contribution in [0, 0.1) is 3.82 Å². The van der Waals surface area contributed by atoms with Crippen LogP contribution in [0.25, 0.3) is 10.4 Å². The summed E-state index contributed by atoms with van der Waals surface area (Å²) < 4.78 is 1.02. The lowest BCUT2D eigenvalue weighted by Gasteiger charge is -1.98. The van der Waals surface area contributed by atoms with Crippen LogP contribution in [-0.4, -0.2) is 4.98 Å². The molecule has 72 valence electrons. The molecule has 1 nitrogen and oxygen atoms in total. The van der Waals surface area contributed by atoms with Crippen molar-refractivity contribution in [1.29, 1.82) is 0 Å². The van der Waals surface area contributed by atoms with E-state index in [1.54, 1.807) is 26.9 Å². The summed E-state index contributed by atoms with van der Waals surface area (Å²) in [4.78, 5) is 5.41. The summed E-state index contributed by atoms with van der Waals surface area (Å²) in [6.07, 6.45) is 4.69. The van der Waals surface area contributed by atoms with Gasteiger partial charge in [0.1, 0.15) is 3.82 Å². The van der Waals surface area contributed by atoms with Crippen LogP contribution in [0.2, 0.25) is 0 Å². The molecule has 0 radical (unpaired) electrons. The quantitative estimate of drug-likeness (QED) is 0.576. The Morgan fingerprint density at radius 3 is 2.93 bits per heavy atom. The molecule has 2 aromatic rings. The molecule has 0 N–H and O–H groups in total. The molecule has 0 aliphatic rings. The van der Waals surface area contributed by atoms with E-state index in [0.29, 0.717) is 0 Å². The largest absolute Gasteiger partial charge is 0.264 e. The number of rotatable bonds is 2. The van der Waals surface area contributed by atoms with Gasteiger partial charge < -0.3 is 0 Å². The lowest BCUT2D eigenvalue weighted by atomic mass is 10.1. The lowest BCUT2D eigenvalue weighted by Crippen LogP contribution is -1.82. The molecule has 0 saturated heterocycles. The number of hydrogen-bond donors (Lipinski definition) is 0. The van der Waals surface area contributed by atoms with Crippen molar-refractivity contribution < 1.29 is 0 Å². The van der Waals surface area contributed by atoms with Crippen molar-refractivity contribution in [2.24, 2.45) is 0 Å². The molecule has 0 aliphatic heterocycles. The second-order valence-electron chi connectivity index (χ2n) is 2.86. The van der Waals surface area contributed by atoms with Crippen LogP contribution in [0.1, 0.15) is 12.5 Å². The molecule has 0 unspecified atom stereocenters. The second-order valence-corrected chi connectivity index (χ2v) is 5.67. The van der Waals surface area contributed by atoms with Crippen LogP contribution >= 0.6 is 32.9 Å². The van der Waals surface area contributed by atoms with Crippen molar-refractivity contribution in [2.45, 2.75) is 13.3 Å². The summed E-state index contributed by atoms with van der Waals surface area (Å²) in [5.74, 6) is 0. The summed E-state index contributed by atoms with van der Waals surface area (Å²) in [6, 6.07) is 4.04. The van der Waals surface area contributed by atoms with Crippen molar-refractivity contribution in [1.82, 2.24) is 4.98 Å². The van der Waals surface area contributed by atoms with Gasteiger partial charge in [-0.15, -0.1) is 0 Å². The van der Waals surface area contributed by atoms with Gasteiger partial charge in [0.05, 0.1) is 4.88 Å². The Kier molecular flexibility index (Phi) is 3.05. The van der Waals surface area contributed by atoms with Gasteiger partial charge >= 0.3 is 0 Å². The van der Waals surface area contributed by atoms with Gasteiger partial charge in [-0.2, -0.15) is 0 Å². The van der Waals surface area contributed by atoms with E-state index in [9.17, 15) is 0 Å². The lowest BCUT2D eigenvalue weighted by molar-refractivity contribution is 1.15. The van der Waals surface area contributed by atoms with E-state index in [1.807, 2.05) is 12.3 Å². The highest BCUT2D eigenvalue weighted by Gasteiger charge is 2.08. The van der Waals surface area contributed by atoms with E-state index in [0.717, 1.165) is 10.2 Å². The smallest absolute Gasteiger partial charge is 0.105 e. The van der Waals surface area contributed by atoms with Crippen LogP contribution in [0.5, 0.6) is 0 Å². The summed E-state index contributed by atoms with van der Waals surface area (Å²) >= 11 is 5.28. The monoisotopic (exact) mass is 239 g/mol. The summed E-state index contributed by atoms with van der Waals surface area (Å²) in [7, 11) is 3.43. The van der Waals surface area contributed by atoms with E-state index >= 15 is 0 Å². The van der Waals surface area contributed by atoms with Crippen LogP contribution in [0.3, 0.4) is 0 Å². The van der Waals surface area contributed by atoms with Gasteiger partial charge in [0, 0.05) is 18.0 Å². The highest BCUT2D eigenvalue weighted by Crippen LogP contribution is 2.34. The molecule has 0 aromatic carbocycles. The fourth-order valence-electron chi connectivity index (χ4n) is 1.30. The Hall–Kier alpha value is -0.580. The maximum Gasteiger partial charge on any atom is 0.105 e. The minimum Gasteiger partial charge on any atom is -0.264 e. The first-order valence-corrected chi connectivity index (χ1v) is 6.91. The Morgan fingerprint density at radius 1 is 1.43 bits per heavy atom. The summed E-state index contributed by atoms with van der Waals surface area (Å²) in [5.41, 5.74) is 2.48. The number of hydrogen-bond acceptors (Lipinski definition) is 4. The third-order valence-electron chi connectivity index (χ3n) is 2.00. The highest BCUT2D eigenvalue weighted by molar-refractivity contribution is 7.80. The molecule has 2 rings (SSSR count). The predicted octanol–water partition coefficient (Wildman–Crippen LogP) is 4.16. The van der Waals surface area contributed by atoms with E-state index in [1.165, 1.54) is 16.0 Å². The fraction of sp³-hybridized carbons (Fsp3) is 0.200. The Labute approximate surface area is 95.5 Å². The van der Waals surface area contributed by atoms with Gasteiger partial charge in [0.25, 0.3) is 0 Å². The third kappa shape index (κ3) is 1.78. The zero-order valence-corrected chi connectivity index (χ0v) is 10.1. The van der Waals surface area contributed by atoms with Crippen LogP contribution < -0.4 is 0 Å². The standard InChI is InChI=1S/C10H9NS3/c1-2-8-9(13-14-10(8)12)7-4-3-5-11-6-7/h3-6H,2H2,1H3. The predicted molar refractivity (Wildman–Crippen MR) is 65.6 cm³/mol. The SMILES string of the molecule is CCc1c(-c2cccnc2)ssc1=S. The van der Waals surface area contributed by atoms with Crippen molar-refractivity contribution in [3.05, 3.63) is 33.9 Å². The maximum atomic E-state index is 5.28. The highest BCUT2D eigenvalue weighted by atomic mass is 32.9. The molecular formula is C10H9NS3. The number of nitrogens with zero attached hydrogens (tertiary/aromatic N) is 1. The van der Waals surface area contributed by atoms with Crippen LogP contribution in [0.4, 0.5) is 0 Å². The average molecular weight is 239 g/mol. The Bertz CT molecular complexity index is 470. The zero-order valence-electron chi connectivity index (χ0n) is 7.69. The molecule has 0 aliphatic carbocycles. The molecular weight excluding hydrogens is 230 g/mol. The molecule has 14 heavy (non-hydrogen) atoms. The van der Waals surface area contributed by atoms with Gasteiger partial charge in [-0.3, -0.25) is 4.98 Å². The van der Waals surface area contributed by atoms with E-state index < -0.39 is 0 Å². The number of aromatic nitrogens is 1. The van der Waals surface area contributed by atoms with Crippen molar-refractivity contribution in [3.8, 4) is 10.4 Å². The molecule has 4 heteroatoms. The summed E-state index contributed by atoms with van der Waals surface area (Å²) in [6.45, 7) is 2.14. The minimum absolute atomic E-state index is 1.00. The first kappa shape index (κ1) is 9.96. The van der Waals surface area contributed by atoms with Gasteiger partial charge in [-0.05, 0) is 18.1 Å². The first-order valence-electron chi connectivity index (χ1n) is 4.35. The van der Waals surface area contributed by atoms with Gasteiger partial charge in [0.2, 0.25) is 0 Å². The van der Waals surface area contributed by atoms with Crippen molar-refractivity contribution in [3.63, 3.8) is 0 Å². The first-order chi connectivity index (χ1) is 6.83. The third-order valence-corrected chi connectivity index (χ3v) is 5.19. The van der Waals surface area contributed by atoms with Crippen molar-refractivity contribution >= 4 is 32.9 Å². The molecule has 0 bridgehead atoms. The van der Waals surface area contributed by atoms with E-state index in [-0.39, 0.29) is 0 Å². The summed E-state index contributed by atoms with van der Waals surface area (Å²) in [5, 5.41) is 0. The molecule has 2 heterocycles. The van der Waals surface area contributed by atoms with Gasteiger partial charge in [-0.25, -0.2) is 0 Å². The van der Waals surface area contributed by atoms with Crippen LogP contribution in [0.15, 0.2) is 24.5 Å². The maximum absolute atomic E-state index is 5.28. The molecule has 0 fully saturated rings. The van der Waals surface area contributed by atoms with Gasteiger partial charge in [0.15, 0.2) is 0 Å². The molecule has 0 amide bonds. The normalized spacial score (nSPS) is 10.4. The second kappa shape index (κ2) is 4.29. The Balaban J connectivity index is 2.57. The van der Waals surface area contributed by atoms with Crippen molar-refractivity contribution in [2.75, 3.05) is 0 Å². The van der Waals surface area contributed by atoms with E-state index in [2.05, 4.69) is 18.0 Å². The topological polar surface area (TPSA) is 12.9 Å².